The minimum absolute atomic E-state index is 0.0704. The molecule has 1 rings (SSSR count). The molecule has 0 aromatic rings. The number of carbonyl (C=O) groups is 3. The van der Waals surface area contributed by atoms with Gasteiger partial charge in [0.25, 0.3) is 0 Å². The van der Waals surface area contributed by atoms with Crippen LogP contribution in [0, 0.1) is 5.92 Å². The van der Waals surface area contributed by atoms with E-state index in [1.807, 2.05) is 13.8 Å². The molecular weight excluding hydrogens is 248 g/mol. The summed E-state index contributed by atoms with van der Waals surface area (Å²) >= 11 is 0. The number of hydrogen-bond acceptors (Lipinski definition) is 3. The van der Waals surface area contributed by atoms with Gasteiger partial charge in [-0.3, -0.25) is 9.59 Å². The van der Waals surface area contributed by atoms with Crippen molar-refractivity contribution in [3.63, 3.8) is 0 Å². The summed E-state index contributed by atoms with van der Waals surface area (Å²) in [4.78, 5) is 35.6. The normalized spacial score (nSPS) is 18.7. The van der Waals surface area contributed by atoms with Crippen molar-refractivity contribution < 1.29 is 19.5 Å². The SMILES string of the molecule is CC(C)CC(=O)NCCC(=O)N1CCC[C@H]1C(=O)O. The maximum absolute atomic E-state index is 11.9. The second kappa shape index (κ2) is 7.11. The minimum atomic E-state index is -0.949. The summed E-state index contributed by atoms with van der Waals surface area (Å²) in [6.07, 6.45) is 1.84. The highest BCUT2D eigenvalue weighted by atomic mass is 16.4. The third-order valence-electron chi connectivity index (χ3n) is 3.11. The molecular formula is C13H22N2O4. The number of likely N-dealkylation sites (tertiary alicyclic amines) is 1. The lowest BCUT2D eigenvalue weighted by Crippen LogP contribution is -2.41. The van der Waals surface area contributed by atoms with Crippen LogP contribution in [0.25, 0.3) is 0 Å². The fourth-order valence-electron chi connectivity index (χ4n) is 2.22. The quantitative estimate of drug-likeness (QED) is 0.740. The number of carbonyl (C=O) groups excluding carboxylic acids is 2. The lowest BCUT2D eigenvalue weighted by molar-refractivity contribution is -0.148. The first-order chi connectivity index (χ1) is 8.91. The largest absolute Gasteiger partial charge is 0.480 e. The fraction of sp³-hybridized carbons (Fsp3) is 0.769. The van der Waals surface area contributed by atoms with E-state index in [-0.39, 0.29) is 30.7 Å². The molecule has 0 aromatic heterocycles. The summed E-state index contributed by atoms with van der Waals surface area (Å²) in [6, 6.07) is -0.695. The highest BCUT2D eigenvalue weighted by molar-refractivity contribution is 5.84. The van der Waals surface area contributed by atoms with Gasteiger partial charge < -0.3 is 15.3 Å². The Hall–Kier alpha value is -1.59. The summed E-state index contributed by atoms with van der Waals surface area (Å²) in [5.74, 6) is -0.936. The highest BCUT2D eigenvalue weighted by Gasteiger charge is 2.33. The van der Waals surface area contributed by atoms with E-state index in [1.165, 1.54) is 4.90 Å². The first kappa shape index (κ1) is 15.5. The van der Waals surface area contributed by atoms with E-state index in [9.17, 15) is 14.4 Å². The molecule has 0 spiro atoms. The van der Waals surface area contributed by atoms with E-state index >= 15 is 0 Å². The maximum Gasteiger partial charge on any atom is 0.326 e. The molecule has 1 aliphatic rings. The average Bonchev–Trinajstić information content (AvgIpc) is 2.76. The molecule has 0 unspecified atom stereocenters. The minimum Gasteiger partial charge on any atom is -0.480 e. The van der Waals surface area contributed by atoms with Crippen molar-refractivity contribution >= 4 is 17.8 Å². The van der Waals surface area contributed by atoms with Gasteiger partial charge in [0.2, 0.25) is 11.8 Å². The maximum atomic E-state index is 11.9. The van der Waals surface area contributed by atoms with Crippen molar-refractivity contribution in [2.75, 3.05) is 13.1 Å². The van der Waals surface area contributed by atoms with Gasteiger partial charge in [0.05, 0.1) is 0 Å². The van der Waals surface area contributed by atoms with Crippen molar-refractivity contribution in [3.05, 3.63) is 0 Å². The first-order valence-electron chi connectivity index (χ1n) is 6.70. The smallest absolute Gasteiger partial charge is 0.326 e. The van der Waals surface area contributed by atoms with Crippen LogP contribution < -0.4 is 5.32 Å². The molecule has 0 aromatic carbocycles. The number of nitrogens with one attached hydrogen (secondary N) is 1. The van der Waals surface area contributed by atoms with E-state index in [2.05, 4.69) is 5.32 Å². The van der Waals surface area contributed by atoms with Gasteiger partial charge in [-0.05, 0) is 18.8 Å². The molecule has 1 heterocycles. The second-order valence-corrected chi connectivity index (χ2v) is 5.28. The zero-order valence-electron chi connectivity index (χ0n) is 11.5. The Morgan fingerprint density at radius 2 is 2.05 bits per heavy atom. The van der Waals surface area contributed by atoms with Gasteiger partial charge >= 0.3 is 5.97 Å². The monoisotopic (exact) mass is 270 g/mol. The van der Waals surface area contributed by atoms with Gasteiger partial charge in [-0.15, -0.1) is 0 Å². The number of carboxylic acids is 1. The standard InChI is InChI=1S/C13H22N2O4/c1-9(2)8-11(16)14-6-5-12(17)15-7-3-4-10(15)13(18)19/h9-10H,3-8H2,1-2H3,(H,14,16)(H,18,19)/t10-/m0/s1. The molecule has 19 heavy (non-hydrogen) atoms. The Balaban J connectivity index is 2.31. The number of nitrogens with zero attached hydrogens (tertiary/aromatic N) is 1. The van der Waals surface area contributed by atoms with Gasteiger partial charge in [0, 0.05) is 25.9 Å². The average molecular weight is 270 g/mol. The number of rotatable bonds is 6. The second-order valence-electron chi connectivity index (χ2n) is 5.28. The number of hydrogen-bond donors (Lipinski definition) is 2. The topological polar surface area (TPSA) is 86.7 Å². The van der Waals surface area contributed by atoms with Crippen LogP contribution in [-0.4, -0.2) is 46.9 Å². The van der Waals surface area contributed by atoms with Gasteiger partial charge in [-0.25, -0.2) is 4.79 Å². The Labute approximate surface area is 113 Å². The fourth-order valence-corrected chi connectivity index (χ4v) is 2.22. The summed E-state index contributed by atoms with van der Waals surface area (Å²) < 4.78 is 0. The Bertz CT molecular complexity index is 355. The Morgan fingerprint density at radius 1 is 1.37 bits per heavy atom. The Kier molecular flexibility index (Phi) is 5.79. The van der Waals surface area contributed by atoms with Crippen LogP contribution in [0.2, 0.25) is 0 Å². The van der Waals surface area contributed by atoms with E-state index in [4.69, 9.17) is 5.11 Å². The van der Waals surface area contributed by atoms with Crippen molar-refractivity contribution in [1.29, 1.82) is 0 Å². The summed E-state index contributed by atoms with van der Waals surface area (Å²) in [7, 11) is 0. The van der Waals surface area contributed by atoms with Crippen LogP contribution in [0.1, 0.15) is 39.5 Å². The summed E-state index contributed by atoms with van der Waals surface area (Å²) in [5, 5.41) is 11.7. The van der Waals surface area contributed by atoms with Gasteiger partial charge in [0.1, 0.15) is 6.04 Å². The Morgan fingerprint density at radius 3 is 2.63 bits per heavy atom. The van der Waals surface area contributed by atoms with Crippen LogP contribution in [0.15, 0.2) is 0 Å². The molecule has 2 N–H and O–H groups in total. The molecule has 1 saturated heterocycles. The molecule has 1 aliphatic heterocycles. The molecule has 0 radical (unpaired) electrons. The molecule has 0 saturated carbocycles. The van der Waals surface area contributed by atoms with Gasteiger partial charge in [-0.1, -0.05) is 13.8 Å². The number of aliphatic carboxylic acids is 1. The van der Waals surface area contributed by atoms with Gasteiger partial charge in [-0.2, -0.15) is 0 Å². The van der Waals surface area contributed by atoms with E-state index in [1.54, 1.807) is 0 Å². The molecule has 6 heteroatoms. The zero-order chi connectivity index (χ0) is 14.4. The zero-order valence-corrected chi connectivity index (χ0v) is 11.5. The van der Waals surface area contributed by atoms with Crippen molar-refractivity contribution in [3.8, 4) is 0 Å². The molecule has 2 amide bonds. The number of amides is 2. The molecule has 108 valence electrons. The first-order valence-corrected chi connectivity index (χ1v) is 6.70. The summed E-state index contributed by atoms with van der Waals surface area (Å²) in [6.45, 7) is 4.67. The predicted molar refractivity (Wildman–Crippen MR) is 69.5 cm³/mol. The van der Waals surface area contributed by atoms with Crippen LogP contribution in [0.4, 0.5) is 0 Å². The predicted octanol–water partition coefficient (Wildman–Crippen LogP) is 0.614. The van der Waals surface area contributed by atoms with Crippen LogP contribution in [0.5, 0.6) is 0 Å². The van der Waals surface area contributed by atoms with E-state index < -0.39 is 12.0 Å². The third kappa shape index (κ3) is 4.89. The lowest BCUT2D eigenvalue weighted by atomic mass is 10.1. The van der Waals surface area contributed by atoms with Gasteiger partial charge in [0.15, 0.2) is 0 Å². The van der Waals surface area contributed by atoms with E-state index in [0.29, 0.717) is 19.4 Å². The number of carboxylic acid groups (broad SMARTS) is 1. The summed E-state index contributed by atoms with van der Waals surface area (Å²) in [5.41, 5.74) is 0. The molecule has 6 nitrogen and oxygen atoms in total. The van der Waals surface area contributed by atoms with Crippen molar-refractivity contribution in [2.45, 2.75) is 45.6 Å². The van der Waals surface area contributed by atoms with Crippen molar-refractivity contribution in [1.82, 2.24) is 10.2 Å². The molecule has 0 aliphatic carbocycles. The molecule has 0 bridgehead atoms. The molecule has 1 fully saturated rings. The lowest BCUT2D eigenvalue weighted by Gasteiger charge is -2.21. The van der Waals surface area contributed by atoms with Crippen LogP contribution in [0.3, 0.4) is 0 Å². The third-order valence-corrected chi connectivity index (χ3v) is 3.11. The van der Waals surface area contributed by atoms with Crippen LogP contribution >= 0.6 is 0 Å². The van der Waals surface area contributed by atoms with E-state index in [0.717, 1.165) is 6.42 Å². The van der Waals surface area contributed by atoms with Crippen molar-refractivity contribution in [2.24, 2.45) is 5.92 Å². The van der Waals surface area contributed by atoms with Crippen LogP contribution in [-0.2, 0) is 14.4 Å². The highest BCUT2D eigenvalue weighted by Crippen LogP contribution is 2.18. The molecule has 1 atom stereocenters.